The van der Waals surface area contributed by atoms with Crippen molar-refractivity contribution in [3.05, 3.63) is 52.4 Å². The summed E-state index contributed by atoms with van der Waals surface area (Å²) in [5.41, 5.74) is 0.687. The summed E-state index contributed by atoms with van der Waals surface area (Å²) in [6.45, 7) is 0. The highest BCUT2D eigenvalue weighted by Gasteiger charge is 2.17. The molecule has 3 nitrogen and oxygen atoms in total. The van der Waals surface area contributed by atoms with Crippen molar-refractivity contribution in [3.63, 3.8) is 0 Å². The second kappa shape index (κ2) is 4.72. The Morgan fingerprint density at radius 3 is 2.62 bits per heavy atom. The number of methoxy groups -OCH3 is 1. The Balaban J connectivity index is 2.36. The van der Waals surface area contributed by atoms with Crippen molar-refractivity contribution < 1.29 is 14.3 Å². The molecule has 0 amide bonds. The van der Waals surface area contributed by atoms with Crippen LogP contribution in [0.15, 0.2) is 45.5 Å². The molecule has 0 aliphatic heterocycles. The first kappa shape index (κ1) is 11.2. The molecule has 1 atom stereocenters. The number of rotatable bonds is 3. The number of halogens is 1. The van der Waals surface area contributed by atoms with Gasteiger partial charge in [0.05, 0.1) is 7.11 Å². The first-order valence-electron chi connectivity index (χ1n) is 4.78. The fourth-order valence-electron chi connectivity index (χ4n) is 1.52. The predicted octanol–water partition coefficient (Wildman–Crippen LogP) is 3.13. The maximum absolute atomic E-state index is 10.1. The first-order chi connectivity index (χ1) is 7.72. The molecule has 1 unspecified atom stereocenters. The van der Waals surface area contributed by atoms with E-state index in [4.69, 9.17) is 9.15 Å². The predicted molar refractivity (Wildman–Crippen MR) is 63.5 cm³/mol. The van der Waals surface area contributed by atoms with Gasteiger partial charge in [0.25, 0.3) is 0 Å². The highest BCUT2D eigenvalue weighted by atomic mass is 79.9. The molecule has 16 heavy (non-hydrogen) atoms. The van der Waals surface area contributed by atoms with Crippen molar-refractivity contribution in [1.29, 1.82) is 0 Å². The minimum absolute atomic E-state index is 0.483. The van der Waals surface area contributed by atoms with Gasteiger partial charge in [-0.2, -0.15) is 0 Å². The molecular weight excluding hydrogens is 272 g/mol. The van der Waals surface area contributed by atoms with Crippen LogP contribution in [0.25, 0.3) is 0 Å². The van der Waals surface area contributed by atoms with Crippen molar-refractivity contribution in [2.24, 2.45) is 0 Å². The quantitative estimate of drug-likeness (QED) is 0.941. The average molecular weight is 283 g/mol. The van der Waals surface area contributed by atoms with Gasteiger partial charge in [0, 0.05) is 5.56 Å². The maximum atomic E-state index is 10.1. The lowest BCUT2D eigenvalue weighted by Gasteiger charge is -2.12. The molecule has 84 valence electrons. The highest BCUT2D eigenvalue weighted by Crippen LogP contribution is 2.31. The SMILES string of the molecule is COc1ccccc1C(O)c1ccc(Br)o1. The van der Waals surface area contributed by atoms with E-state index in [1.807, 2.05) is 12.1 Å². The van der Waals surface area contributed by atoms with Gasteiger partial charge in [-0.3, -0.25) is 0 Å². The Hall–Kier alpha value is -1.26. The molecule has 0 aliphatic rings. The van der Waals surface area contributed by atoms with Crippen LogP contribution in [0.3, 0.4) is 0 Å². The zero-order valence-electron chi connectivity index (χ0n) is 8.68. The van der Waals surface area contributed by atoms with Crippen LogP contribution in [-0.4, -0.2) is 12.2 Å². The number of para-hydroxylation sites is 1. The summed E-state index contributed by atoms with van der Waals surface area (Å²) in [5, 5.41) is 10.1. The van der Waals surface area contributed by atoms with E-state index in [1.54, 1.807) is 31.4 Å². The second-order valence-corrected chi connectivity index (χ2v) is 4.07. The molecule has 0 fully saturated rings. The Bertz CT molecular complexity index is 479. The van der Waals surface area contributed by atoms with E-state index in [1.165, 1.54) is 0 Å². The Morgan fingerprint density at radius 2 is 2.00 bits per heavy atom. The van der Waals surface area contributed by atoms with Gasteiger partial charge in [-0.05, 0) is 34.1 Å². The standard InChI is InChI=1S/C12H11BrO3/c1-15-9-5-3-2-4-8(9)12(14)10-6-7-11(13)16-10/h2-7,12,14H,1H3. The summed E-state index contributed by atoms with van der Waals surface area (Å²) >= 11 is 3.20. The van der Waals surface area contributed by atoms with Crippen LogP contribution in [0.1, 0.15) is 17.4 Å². The molecule has 4 heteroatoms. The fraction of sp³-hybridized carbons (Fsp3) is 0.167. The topological polar surface area (TPSA) is 42.6 Å². The first-order valence-corrected chi connectivity index (χ1v) is 5.58. The molecular formula is C12H11BrO3. The largest absolute Gasteiger partial charge is 0.496 e. The van der Waals surface area contributed by atoms with Gasteiger partial charge in [0.15, 0.2) is 4.67 Å². The van der Waals surface area contributed by atoms with Crippen LogP contribution in [-0.2, 0) is 0 Å². The summed E-state index contributed by atoms with van der Waals surface area (Å²) in [4.78, 5) is 0. The van der Waals surface area contributed by atoms with Crippen molar-refractivity contribution in [2.45, 2.75) is 6.10 Å². The zero-order valence-corrected chi connectivity index (χ0v) is 10.3. The van der Waals surface area contributed by atoms with Gasteiger partial charge in [-0.1, -0.05) is 18.2 Å². The number of hydrogen-bond acceptors (Lipinski definition) is 3. The molecule has 0 saturated carbocycles. The molecule has 1 aromatic carbocycles. The third kappa shape index (κ3) is 2.13. The molecule has 0 radical (unpaired) electrons. The van der Waals surface area contributed by atoms with E-state index in [-0.39, 0.29) is 0 Å². The van der Waals surface area contributed by atoms with E-state index < -0.39 is 6.10 Å². The minimum atomic E-state index is -0.817. The molecule has 0 spiro atoms. The van der Waals surface area contributed by atoms with E-state index >= 15 is 0 Å². The van der Waals surface area contributed by atoms with Gasteiger partial charge in [0.1, 0.15) is 17.6 Å². The number of furan rings is 1. The molecule has 1 N–H and O–H groups in total. The molecule has 2 rings (SSSR count). The Morgan fingerprint density at radius 1 is 1.25 bits per heavy atom. The Kier molecular flexibility index (Phi) is 3.31. The molecule has 1 aromatic heterocycles. The van der Waals surface area contributed by atoms with Gasteiger partial charge in [0.2, 0.25) is 0 Å². The van der Waals surface area contributed by atoms with E-state index in [0.717, 1.165) is 0 Å². The van der Waals surface area contributed by atoms with Crippen LogP contribution < -0.4 is 4.74 Å². The Labute approximate surface area is 102 Å². The van der Waals surface area contributed by atoms with E-state index in [2.05, 4.69) is 15.9 Å². The third-order valence-corrected chi connectivity index (χ3v) is 2.72. The smallest absolute Gasteiger partial charge is 0.169 e. The van der Waals surface area contributed by atoms with Crippen LogP contribution in [0, 0.1) is 0 Å². The normalized spacial score (nSPS) is 12.4. The third-order valence-electron chi connectivity index (χ3n) is 2.30. The molecule has 0 aliphatic carbocycles. The van der Waals surface area contributed by atoms with Crippen LogP contribution >= 0.6 is 15.9 Å². The fourth-order valence-corrected chi connectivity index (χ4v) is 1.84. The number of hydrogen-bond donors (Lipinski definition) is 1. The maximum Gasteiger partial charge on any atom is 0.169 e. The van der Waals surface area contributed by atoms with Gasteiger partial charge in [-0.25, -0.2) is 0 Å². The number of aliphatic hydroxyl groups is 1. The molecule has 2 aromatic rings. The summed E-state index contributed by atoms with van der Waals surface area (Å²) in [6, 6.07) is 10.8. The summed E-state index contributed by atoms with van der Waals surface area (Å²) in [5.74, 6) is 1.12. The number of ether oxygens (including phenoxy) is 1. The highest BCUT2D eigenvalue weighted by molar-refractivity contribution is 9.10. The van der Waals surface area contributed by atoms with Crippen molar-refractivity contribution in [1.82, 2.24) is 0 Å². The van der Waals surface area contributed by atoms with Crippen LogP contribution in [0.4, 0.5) is 0 Å². The second-order valence-electron chi connectivity index (χ2n) is 3.29. The molecule has 0 bridgehead atoms. The zero-order chi connectivity index (χ0) is 11.5. The number of benzene rings is 1. The number of aliphatic hydroxyl groups excluding tert-OH is 1. The lowest BCUT2D eigenvalue weighted by molar-refractivity contribution is 0.183. The van der Waals surface area contributed by atoms with Crippen LogP contribution in [0.5, 0.6) is 5.75 Å². The van der Waals surface area contributed by atoms with Gasteiger partial charge >= 0.3 is 0 Å². The van der Waals surface area contributed by atoms with Crippen molar-refractivity contribution in [2.75, 3.05) is 7.11 Å². The lowest BCUT2D eigenvalue weighted by Crippen LogP contribution is -2.00. The monoisotopic (exact) mass is 282 g/mol. The van der Waals surface area contributed by atoms with Crippen molar-refractivity contribution in [3.8, 4) is 5.75 Å². The van der Waals surface area contributed by atoms with E-state index in [9.17, 15) is 5.11 Å². The average Bonchev–Trinajstić information content (AvgIpc) is 2.75. The van der Waals surface area contributed by atoms with Crippen molar-refractivity contribution >= 4 is 15.9 Å². The summed E-state index contributed by atoms with van der Waals surface area (Å²) in [6.07, 6.45) is -0.817. The van der Waals surface area contributed by atoms with Gasteiger partial charge in [-0.15, -0.1) is 0 Å². The van der Waals surface area contributed by atoms with Gasteiger partial charge < -0.3 is 14.3 Å². The molecule has 1 heterocycles. The summed E-state index contributed by atoms with van der Waals surface area (Å²) in [7, 11) is 1.57. The lowest BCUT2D eigenvalue weighted by atomic mass is 10.1. The summed E-state index contributed by atoms with van der Waals surface area (Å²) < 4.78 is 11.1. The van der Waals surface area contributed by atoms with E-state index in [0.29, 0.717) is 21.7 Å². The van der Waals surface area contributed by atoms with Crippen LogP contribution in [0.2, 0.25) is 0 Å². The molecule has 0 saturated heterocycles. The minimum Gasteiger partial charge on any atom is -0.496 e.